The number of aromatic nitrogens is 1. The second-order valence-corrected chi connectivity index (χ2v) is 38.8. The lowest BCUT2D eigenvalue weighted by Gasteiger charge is -2.28. The maximum absolute atomic E-state index is 14.8. The van der Waals surface area contributed by atoms with Gasteiger partial charge in [0.1, 0.15) is 11.6 Å². The Kier molecular flexibility index (Phi) is 31.5. The van der Waals surface area contributed by atoms with Gasteiger partial charge in [0.2, 0.25) is 0 Å². The molecule has 4 fully saturated rings. The van der Waals surface area contributed by atoms with E-state index in [4.69, 9.17) is 88.6 Å². The number of hydrogen-bond donors (Lipinski definition) is 7. The van der Waals surface area contributed by atoms with Crippen LogP contribution in [0.1, 0.15) is 78.1 Å². The van der Waals surface area contributed by atoms with Crippen molar-refractivity contribution in [2.24, 2.45) is 0 Å². The lowest BCUT2D eigenvalue weighted by molar-refractivity contribution is 0.101. The van der Waals surface area contributed by atoms with Crippen molar-refractivity contribution in [2.45, 2.75) is 6.92 Å². The number of benzene rings is 11. The highest BCUT2D eigenvalue weighted by Crippen LogP contribution is 2.35. The van der Waals surface area contributed by atoms with Crippen LogP contribution in [0.5, 0.6) is 0 Å². The third kappa shape index (κ3) is 24.8. The lowest BCUT2D eigenvalue weighted by Crippen LogP contribution is -2.41. The van der Waals surface area contributed by atoms with Gasteiger partial charge in [0, 0.05) is 83.5 Å². The first-order chi connectivity index (χ1) is 62.9. The van der Waals surface area contributed by atoms with E-state index in [1.165, 1.54) is 99.6 Å². The van der Waals surface area contributed by atoms with Crippen molar-refractivity contribution in [2.75, 3.05) is 131 Å². The molecular formula is C89H74Cl6F2N12O19S4. The number of hydrogen-bond acceptors (Lipinski definition) is 20. The molecule has 0 aliphatic carbocycles. The Hall–Kier alpha value is -12.4. The number of sulfonamides is 4. The molecule has 11 aromatic carbocycles. The number of nitrogens with one attached hydrogen (secondary N) is 7. The second kappa shape index (κ2) is 42.8. The van der Waals surface area contributed by atoms with Crippen molar-refractivity contribution in [3.63, 3.8) is 0 Å². The zero-order valence-electron chi connectivity index (χ0n) is 68.7. The van der Waals surface area contributed by atoms with Gasteiger partial charge in [-0.1, -0.05) is 99.9 Å². The normalized spacial score (nSPS) is 15.2. The quantitative estimate of drug-likeness (QED) is 0.0419. The average Bonchev–Trinajstić information content (AvgIpc) is 0.797. The highest BCUT2D eigenvalue weighted by Gasteiger charge is 2.33. The minimum absolute atomic E-state index is 0.0434. The van der Waals surface area contributed by atoms with E-state index in [1.54, 1.807) is 122 Å². The van der Waals surface area contributed by atoms with Gasteiger partial charge in [-0.3, -0.25) is 55.8 Å². The van der Waals surface area contributed by atoms with E-state index in [9.17, 15) is 76.0 Å². The molecule has 31 nitrogen and oxygen atoms in total. The van der Waals surface area contributed by atoms with Crippen molar-refractivity contribution < 1.29 is 95.0 Å². The minimum Gasteiger partial charge on any atom is -0.362 e. The molecular weight excluding hydrogens is 1920 g/mol. The van der Waals surface area contributed by atoms with Crippen molar-refractivity contribution >= 4 is 224 Å². The summed E-state index contributed by atoms with van der Waals surface area (Å²) in [6.45, 7) is 3.27. The van der Waals surface area contributed by atoms with Crippen LogP contribution < -0.4 is 54.4 Å². The Morgan fingerprint density at radius 1 is 0.318 bits per heavy atom. The molecule has 0 unspecified atom stereocenters. The van der Waals surface area contributed by atoms with E-state index in [0.29, 0.717) is 78.1 Å². The molecule has 0 radical (unpaired) electrons. The Morgan fingerprint density at radius 3 is 1.06 bits per heavy atom. The number of carbonyl (C=O) groups is 7. The second-order valence-electron chi connectivity index (χ2n) is 28.9. The van der Waals surface area contributed by atoms with Crippen molar-refractivity contribution in [3.8, 4) is 0 Å². The Balaban J connectivity index is 0.000000150. The van der Waals surface area contributed by atoms with Gasteiger partial charge < -0.3 is 56.2 Å². The number of carbonyl (C=O) groups excluding carboxylic acids is 7. The van der Waals surface area contributed by atoms with Gasteiger partial charge in [-0.05, 0) is 218 Å². The predicted molar refractivity (Wildman–Crippen MR) is 505 cm³/mol. The molecule has 4 aliphatic heterocycles. The summed E-state index contributed by atoms with van der Waals surface area (Å²) in [6, 6.07) is 58.5. The molecule has 4 aliphatic rings. The maximum Gasteiger partial charge on any atom is 0.259 e. The number of halogens is 8. The highest BCUT2D eigenvalue weighted by molar-refractivity contribution is 7.93. The summed E-state index contributed by atoms with van der Waals surface area (Å²) in [6.07, 6.45) is 3.46. The molecule has 0 atom stereocenters. The standard InChI is InChI=1S/C24H21ClFN3O5S.C23H18Cl3N3O5S.C23H18Cl2FN3O5S.C19H17N3O4S/c1-15-5-6-18(12-22(15)28-23(30)16-3-2-4-17(25)11-16)27-24(31)20-8-7-19(13-21(20)26)29-9-10-34-14-35(29,32)33;2*24-15-3-1-2-14(10-15)22(30)28-21-11-16(4-7-19(21)25)27-23(31)18-6-5-17(12-20(18)26)29-8-9-34-13-35(29,32)33;23-19(21-17-4-1-16-12-20-8-7-15(16)11-17)14-2-5-18(6-3-14)22-9-10-26-13-27(22,24)25/h2-8,11-13H,9-10,14H2,1H3,(H,27,31)(H,28,30);2*1-7,10-12H,8-9,13H2,(H,27,31)(H,28,30);1-8,11-12H,9-10,13H2,(H,21,23). The van der Waals surface area contributed by atoms with Crippen LogP contribution in [0.25, 0.3) is 10.8 Å². The molecule has 4 saturated heterocycles. The average molecular weight is 1990 g/mol. The van der Waals surface area contributed by atoms with Gasteiger partial charge in [-0.15, -0.1) is 0 Å². The largest absolute Gasteiger partial charge is 0.362 e. The molecule has 0 bridgehead atoms. The van der Waals surface area contributed by atoms with E-state index in [0.717, 1.165) is 37.1 Å². The molecule has 7 N–H and O–H groups in total. The minimum atomic E-state index is -3.73. The SMILES string of the molecule is Cc1ccc(NC(=O)c2ccc(N3CCOCS3(=O)=O)cc2F)cc1NC(=O)c1cccc(Cl)c1.O=C(Nc1cc(NC(=O)c2ccc(N3CCOCS3(=O)=O)cc2Cl)ccc1Cl)c1cccc(Cl)c1.O=C(Nc1cc(NC(=O)c2ccc(N3CCOCS3(=O)=O)cc2F)ccc1Cl)c1cccc(Cl)c1.O=C(Nc1ccc2cnccc2c1)c1ccc(N2CCOCS2(=O)=O)cc1. The molecule has 7 amide bonds. The van der Waals surface area contributed by atoms with Crippen LogP contribution >= 0.6 is 69.6 Å². The van der Waals surface area contributed by atoms with Crippen LogP contribution in [0.4, 0.5) is 71.3 Å². The summed E-state index contributed by atoms with van der Waals surface area (Å²) in [5.41, 5.74) is 5.47. The summed E-state index contributed by atoms with van der Waals surface area (Å²) in [5, 5.41) is 22.6. The number of amides is 7. The number of ether oxygens (including phenoxy) is 4. The van der Waals surface area contributed by atoms with Gasteiger partial charge in [-0.2, -0.15) is 0 Å². The van der Waals surface area contributed by atoms with Gasteiger partial charge in [0.05, 0.1) is 118 Å². The Labute approximate surface area is 785 Å². The molecule has 0 spiro atoms. The van der Waals surface area contributed by atoms with Crippen molar-refractivity contribution in [1.29, 1.82) is 0 Å². The van der Waals surface area contributed by atoms with E-state index < -0.39 is 99.1 Å². The summed E-state index contributed by atoms with van der Waals surface area (Å²) in [7, 11) is -14.5. The van der Waals surface area contributed by atoms with Crippen LogP contribution in [-0.4, -0.2) is 156 Å². The molecule has 12 aromatic rings. The van der Waals surface area contributed by atoms with Crippen molar-refractivity contribution in [1.82, 2.24) is 4.98 Å². The third-order valence-corrected chi connectivity index (χ3v) is 27.5. The van der Waals surface area contributed by atoms with Crippen molar-refractivity contribution in [3.05, 3.63) is 329 Å². The molecule has 132 heavy (non-hydrogen) atoms. The number of rotatable bonds is 18. The van der Waals surface area contributed by atoms with Crippen LogP contribution in [0, 0.1) is 18.6 Å². The lowest BCUT2D eigenvalue weighted by atomic mass is 10.1. The third-order valence-electron chi connectivity index (χ3n) is 19.7. The molecule has 1 aromatic heterocycles. The maximum atomic E-state index is 14.8. The summed E-state index contributed by atoms with van der Waals surface area (Å²) >= 11 is 36.5. The molecule has 0 saturated carbocycles. The Morgan fingerprint density at radius 2 is 0.659 bits per heavy atom. The van der Waals surface area contributed by atoms with Gasteiger partial charge in [0.15, 0.2) is 23.8 Å². The fraction of sp³-hybridized carbons (Fsp3) is 0.146. The van der Waals surface area contributed by atoms with Crippen LogP contribution in [0.2, 0.25) is 30.1 Å². The van der Waals surface area contributed by atoms with Crippen LogP contribution in [0.3, 0.4) is 0 Å². The summed E-state index contributed by atoms with van der Waals surface area (Å²) < 4.78 is 151. The predicted octanol–water partition coefficient (Wildman–Crippen LogP) is 17.1. The number of aryl methyl sites for hydroxylation is 1. The van der Waals surface area contributed by atoms with E-state index in [2.05, 4.69) is 42.2 Å². The first-order valence-electron chi connectivity index (χ1n) is 39.3. The molecule has 684 valence electrons. The zero-order valence-corrected chi connectivity index (χ0v) is 76.5. The first kappa shape index (κ1) is 97.1. The fourth-order valence-corrected chi connectivity index (χ4v) is 19.3. The van der Waals surface area contributed by atoms with Gasteiger partial charge in [0.25, 0.3) is 81.4 Å². The van der Waals surface area contributed by atoms with Gasteiger partial charge in [-0.25, -0.2) is 42.5 Å². The first-order valence-corrected chi connectivity index (χ1v) is 48.0. The highest BCUT2D eigenvalue weighted by atomic mass is 35.5. The number of nitrogens with zero attached hydrogens (tertiary/aromatic N) is 5. The molecule has 16 rings (SSSR count). The molecule has 43 heteroatoms. The monoisotopic (exact) mass is 1990 g/mol. The Bertz CT molecular complexity index is 6480. The van der Waals surface area contributed by atoms with Crippen LogP contribution in [0.15, 0.2) is 243 Å². The van der Waals surface area contributed by atoms with E-state index >= 15 is 0 Å². The van der Waals surface area contributed by atoms with E-state index in [1.807, 2.05) is 24.3 Å². The number of fused-ring (bicyclic) bond motifs is 1. The zero-order chi connectivity index (χ0) is 94.3. The topological polar surface area (TPSA) is 403 Å². The fourth-order valence-electron chi connectivity index (χ4n) is 13.2. The summed E-state index contributed by atoms with van der Waals surface area (Å²) in [5.74, 6) is -7.04. The van der Waals surface area contributed by atoms with Crippen LogP contribution in [-0.2, 0) is 59.0 Å². The van der Waals surface area contributed by atoms with Gasteiger partial charge >= 0.3 is 0 Å². The number of anilines is 11. The summed E-state index contributed by atoms with van der Waals surface area (Å²) in [4.78, 5) is 92.4. The number of pyridine rings is 1. The smallest absolute Gasteiger partial charge is 0.259 e. The molecule has 5 heterocycles. The van der Waals surface area contributed by atoms with E-state index in [-0.39, 0.29) is 124 Å².